The normalized spacial score (nSPS) is 26.9. The fraction of sp³-hybridized carbons (Fsp3) is 0.412. The molecule has 1 saturated heterocycles. The fourth-order valence-corrected chi connectivity index (χ4v) is 3.08. The fourth-order valence-electron chi connectivity index (χ4n) is 3.08. The Balaban J connectivity index is 1.56. The van der Waals surface area contributed by atoms with Crippen molar-refractivity contribution in [2.45, 2.75) is 25.1 Å². The van der Waals surface area contributed by atoms with Crippen LogP contribution in [0.2, 0.25) is 0 Å². The van der Waals surface area contributed by atoms with Gasteiger partial charge in [0.2, 0.25) is 0 Å². The van der Waals surface area contributed by atoms with E-state index in [9.17, 15) is 5.11 Å². The lowest BCUT2D eigenvalue weighted by Gasteiger charge is -2.41. The van der Waals surface area contributed by atoms with Crippen LogP contribution in [-0.2, 0) is 6.54 Å². The van der Waals surface area contributed by atoms with Gasteiger partial charge in [-0.2, -0.15) is 0 Å². The van der Waals surface area contributed by atoms with Gasteiger partial charge in [-0.05, 0) is 24.3 Å². The number of aliphatic hydroxyl groups is 1. The molecule has 0 amide bonds. The molecule has 0 aliphatic carbocycles. The number of hydrogen-bond acceptors (Lipinski definition) is 3. The lowest BCUT2D eigenvalue weighted by Crippen LogP contribution is -2.52. The van der Waals surface area contributed by atoms with Crippen LogP contribution in [0, 0.1) is 0 Å². The Morgan fingerprint density at radius 3 is 2.70 bits per heavy atom. The van der Waals surface area contributed by atoms with Crippen molar-refractivity contribution in [1.29, 1.82) is 0 Å². The van der Waals surface area contributed by atoms with Crippen LogP contribution in [-0.4, -0.2) is 46.7 Å². The van der Waals surface area contributed by atoms with E-state index in [1.54, 1.807) is 0 Å². The highest BCUT2D eigenvalue weighted by Crippen LogP contribution is 2.20. The summed E-state index contributed by atoms with van der Waals surface area (Å²) in [5, 5.41) is 10.4. The number of piperidine rings is 1. The van der Waals surface area contributed by atoms with E-state index in [2.05, 4.69) is 52.4 Å². The molecule has 3 nitrogen and oxygen atoms in total. The third-order valence-electron chi connectivity index (χ3n) is 4.15. The largest absolute Gasteiger partial charge is 0.390 e. The molecular weight excluding hydrogens is 248 g/mol. The van der Waals surface area contributed by atoms with Gasteiger partial charge in [0.05, 0.1) is 12.1 Å². The molecule has 1 aromatic carbocycles. The van der Waals surface area contributed by atoms with E-state index in [4.69, 9.17) is 0 Å². The van der Waals surface area contributed by atoms with Crippen LogP contribution in [0.25, 0.3) is 0 Å². The first-order valence-electron chi connectivity index (χ1n) is 7.36. The topological polar surface area (TPSA) is 26.7 Å². The van der Waals surface area contributed by atoms with Crippen LogP contribution in [0.3, 0.4) is 0 Å². The van der Waals surface area contributed by atoms with Crippen molar-refractivity contribution >= 4 is 0 Å². The summed E-state index contributed by atoms with van der Waals surface area (Å²) in [5.41, 5.74) is 1.32. The smallest absolute Gasteiger partial charge is 0.0870 e. The maximum atomic E-state index is 10.4. The lowest BCUT2D eigenvalue weighted by molar-refractivity contribution is 0.00328. The van der Waals surface area contributed by atoms with Gasteiger partial charge in [-0.15, -0.1) is 0 Å². The number of benzene rings is 1. The Morgan fingerprint density at radius 2 is 2.00 bits per heavy atom. The lowest BCUT2D eigenvalue weighted by atomic mass is 9.99. The van der Waals surface area contributed by atoms with Crippen molar-refractivity contribution in [2.75, 3.05) is 19.6 Å². The predicted octanol–water partition coefficient (Wildman–Crippen LogP) is 2.01. The van der Waals surface area contributed by atoms with Crippen LogP contribution < -0.4 is 0 Å². The Morgan fingerprint density at radius 1 is 1.15 bits per heavy atom. The van der Waals surface area contributed by atoms with Gasteiger partial charge in [0.15, 0.2) is 0 Å². The highest BCUT2D eigenvalue weighted by atomic mass is 16.3. The summed E-state index contributed by atoms with van der Waals surface area (Å²) in [4.78, 5) is 4.60. The average molecular weight is 270 g/mol. The molecule has 3 heteroatoms. The molecule has 1 fully saturated rings. The van der Waals surface area contributed by atoms with Crippen LogP contribution >= 0.6 is 0 Å². The molecule has 2 aliphatic heterocycles. The van der Waals surface area contributed by atoms with Crippen molar-refractivity contribution in [3.63, 3.8) is 0 Å². The zero-order valence-corrected chi connectivity index (χ0v) is 11.7. The maximum absolute atomic E-state index is 10.4. The molecule has 20 heavy (non-hydrogen) atoms. The summed E-state index contributed by atoms with van der Waals surface area (Å²) >= 11 is 0. The van der Waals surface area contributed by atoms with E-state index < -0.39 is 0 Å². The van der Waals surface area contributed by atoms with Gasteiger partial charge in [0.1, 0.15) is 0 Å². The van der Waals surface area contributed by atoms with E-state index >= 15 is 0 Å². The second kappa shape index (κ2) is 6.25. The van der Waals surface area contributed by atoms with Crippen LogP contribution in [0.5, 0.6) is 0 Å². The van der Waals surface area contributed by atoms with E-state index in [0.29, 0.717) is 0 Å². The number of β-amino-alcohol motifs (C(OH)–C–C–N with tert-alkyl or cyclic N) is 1. The molecule has 2 heterocycles. The minimum absolute atomic E-state index is 0.253. The van der Waals surface area contributed by atoms with Crippen LogP contribution in [0.1, 0.15) is 12.0 Å². The van der Waals surface area contributed by atoms with Crippen LogP contribution in [0.15, 0.2) is 54.8 Å². The molecule has 2 atom stereocenters. The maximum Gasteiger partial charge on any atom is 0.0870 e. The van der Waals surface area contributed by atoms with Crippen molar-refractivity contribution in [2.24, 2.45) is 0 Å². The number of allylic oxidation sites excluding steroid dienone is 2. The van der Waals surface area contributed by atoms with E-state index in [1.165, 1.54) is 5.56 Å². The third-order valence-corrected chi connectivity index (χ3v) is 4.15. The molecular formula is C17H22N2O. The number of hydrogen-bond donors (Lipinski definition) is 1. The van der Waals surface area contributed by atoms with Crippen LogP contribution in [0.4, 0.5) is 0 Å². The monoisotopic (exact) mass is 270 g/mol. The van der Waals surface area contributed by atoms with E-state index in [1.807, 2.05) is 12.1 Å². The van der Waals surface area contributed by atoms with Gasteiger partial charge in [0.25, 0.3) is 0 Å². The minimum Gasteiger partial charge on any atom is -0.390 e. The summed E-state index contributed by atoms with van der Waals surface area (Å²) in [5.74, 6) is 0. The molecule has 2 unspecified atom stereocenters. The first-order chi connectivity index (χ1) is 9.83. The zero-order chi connectivity index (χ0) is 13.8. The van der Waals surface area contributed by atoms with E-state index in [-0.39, 0.29) is 12.1 Å². The molecule has 1 N–H and O–H groups in total. The van der Waals surface area contributed by atoms with E-state index in [0.717, 1.165) is 32.6 Å². The van der Waals surface area contributed by atoms with Crippen molar-refractivity contribution in [1.82, 2.24) is 9.80 Å². The summed E-state index contributed by atoms with van der Waals surface area (Å²) in [7, 11) is 0. The van der Waals surface area contributed by atoms with Gasteiger partial charge < -0.3 is 10.0 Å². The standard InChI is InChI=1S/C17H22N2O/c20-17-14-18(13-15-7-3-1-4-8-15)12-9-16(17)19-10-5-2-6-11-19/h1-8,10,16-17,20H,9,11-14H2. The first-order valence-corrected chi connectivity index (χ1v) is 7.36. The number of nitrogens with zero attached hydrogens (tertiary/aromatic N) is 2. The second-order valence-corrected chi connectivity index (χ2v) is 5.61. The molecule has 0 radical (unpaired) electrons. The quantitative estimate of drug-likeness (QED) is 0.910. The first kappa shape index (κ1) is 13.4. The Bertz CT molecular complexity index is 483. The summed E-state index contributed by atoms with van der Waals surface area (Å²) < 4.78 is 0. The molecule has 0 aromatic heterocycles. The molecule has 1 aromatic rings. The van der Waals surface area contributed by atoms with Gasteiger partial charge in [-0.3, -0.25) is 4.90 Å². The predicted molar refractivity (Wildman–Crippen MR) is 81.1 cm³/mol. The summed E-state index contributed by atoms with van der Waals surface area (Å²) in [6, 6.07) is 10.7. The Labute approximate surface area is 120 Å². The van der Waals surface area contributed by atoms with Crippen molar-refractivity contribution in [3.05, 3.63) is 60.3 Å². The zero-order valence-electron chi connectivity index (χ0n) is 11.7. The van der Waals surface area contributed by atoms with Gasteiger partial charge in [-0.1, -0.05) is 42.5 Å². The number of rotatable bonds is 3. The average Bonchev–Trinajstić information content (AvgIpc) is 2.49. The van der Waals surface area contributed by atoms with Crippen molar-refractivity contribution < 1.29 is 5.11 Å². The molecule has 3 rings (SSSR count). The Kier molecular flexibility index (Phi) is 4.19. The molecule has 0 saturated carbocycles. The highest BCUT2D eigenvalue weighted by molar-refractivity contribution is 5.15. The minimum atomic E-state index is -0.274. The molecule has 0 bridgehead atoms. The summed E-state index contributed by atoms with van der Waals surface area (Å²) in [6.45, 7) is 3.65. The molecule has 0 spiro atoms. The van der Waals surface area contributed by atoms with Crippen molar-refractivity contribution in [3.8, 4) is 0 Å². The SMILES string of the molecule is OC1CN(Cc2ccccc2)CCC1N1C=CC=CC1. The molecule has 2 aliphatic rings. The van der Waals surface area contributed by atoms with Gasteiger partial charge >= 0.3 is 0 Å². The number of aliphatic hydroxyl groups excluding tert-OH is 1. The summed E-state index contributed by atoms with van der Waals surface area (Å²) in [6.07, 6.45) is 9.10. The van der Waals surface area contributed by atoms with Gasteiger partial charge in [-0.25, -0.2) is 0 Å². The number of likely N-dealkylation sites (tertiary alicyclic amines) is 1. The molecule has 106 valence electrons. The second-order valence-electron chi connectivity index (χ2n) is 5.61. The highest BCUT2D eigenvalue weighted by Gasteiger charge is 2.30. The third kappa shape index (κ3) is 3.11. The van der Waals surface area contributed by atoms with Gasteiger partial charge in [0, 0.05) is 26.2 Å². The Hall–Kier alpha value is -1.58.